The van der Waals surface area contributed by atoms with Gasteiger partial charge in [0.15, 0.2) is 0 Å². The third-order valence-electron chi connectivity index (χ3n) is 4.35. The maximum atomic E-state index is 12.6. The van der Waals surface area contributed by atoms with Crippen molar-refractivity contribution in [3.05, 3.63) is 0 Å². The van der Waals surface area contributed by atoms with Crippen molar-refractivity contribution in [3.63, 3.8) is 0 Å². The van der Waals surface area contributed by atoms with E-state index in [4.69, 9.17) is 0 Å². The highest BCUT2D eigenvalue weighted by molar-refractivity contribution is 5.79. The molecule has 2 fully saturated rings. The van der Waals surface area contributed by atoms with Gasteiger partial charge in [0.1, 0.15) is 0 Å². The smallest absolute Gasteiger partial charge is 0.340 e. The Morgan fingerprint density at radius 2 is 1.53 bits per heavy atom. The highest BCUT2D eigenvalue weighted by Crippen LogP contribution is 2.39. The summed E-state index contributed by atoms with van der Waals surface area (Å²) in [4.78, 5) is 16.2. The zero-order valence-electron chi connectivity index (χ0n) is 11.2. The summed E-state index contributed by atoms with van der Waals surface area (Å²) >= 11 is 0. The van der Waals surface area contributed by atoms with Crippen LogP contribution in [0.5, 0.6) is 0 Å². The largest absolute Gasteiger partial charge is 0.391 e. The molecule has 2 rings (SSSR count). The van der Waals surface area contributed by atoms with E-state index >= 15 is 0 Å². The van der Waals surface area contributed by atoms with Crippen molar-refractivity contribution >= 4 is 5.91 Å². The van der Waals surface area contributed by atoms with Gasteiger partial charge in [-0.15, -0.1) is 0 Å². The first kappa shape index (κ1) is 14.6. The third-order valence-corrected chi connectivity index (χ3v) is 4.35. The van der Waals surface area contributed by atoms with Crippen molar-refractivity contribution in [3.8, 4) is 0 Å². The molecule has 1 saturated carbocycles. The predicted molar refractivity (Wildman–Crippen MR) is 65.6 cm³/mol. The molecule has 3 nitrogen and oxygen atoms in total. The number of rotatable bonds is 1. The van der Waals surface area contributed by atoms with Crippen LogP contribution in [-0.2, 0) is 4.79 Å². The summed E-state index contributed by atoms with van der Waals surface area (Å²) in [5, 5.41) is 0. The van der Waals surface area contributed by atoms with Crippen LogP contribution in [0, 0.1) is 11.8 Å². The van der Waals surface area contributed by atoms with Crippen molar-refractivity contribution in [2.75, 3.05) is 33.2 Å². The lowest BCUT2D eigenvalue weighted by Crippen LogP contribution is -2.49. The van der Waals surface area contributed by atoms with E-state index in [2.05, 4.69) is 4.90 Å². The average molecular weight is 278 g/mol. The van der Waals surface area contributed by atoms with Crippen LogP contribution in [0.15, 0.2) is 0 Å². The molecule has 0 atom stereocenters. The normalized spacial score (nSPS) is 30.4. The molecular formula is C13H21F3N2O. The zero-order chi connectivity index (χ0) is 14.0. The van der Waals surface area contributed by atoms with E-state index in [0.717, 1.165) is 13.1 Å². The number of nitrogens with zero attached hydrogens (tertiary/aromatic N) is 2. The van der Waals surface area contributed by atoms with Crippen LogP contribution in [-0.4, -0.2) is 55.1 Å². The molecule has 19 heavy (non-hydrogen) atoms. The summed E-state index contributed by atoms with van der Waals surface area (Å²) in [6.45, 7) is 3.11. The lowest BCUT2D eigenvalue weighted by atomic mass is 9.81. The van der Waals surface area contributed by atoms with Gasteiger partial charge >= 0.3 is 6.18 Å². The van der Waals surface area contributed by atoms with Crippen molar-refractivity contribution in [1.82, 2.24) is 9.80 Å². The van der Waals surface area contributed by atoms with E-state index in [1.165, 1.54) is 0 Å². The quantitative estimate of drug-likeness (QED) is 0.733. The zero-order valence-corrected chi connectivity index (χ0v) is 11.2. The second-order valence-corrected chi connectivity index (χ2v) is 5.72. The van der Waals surface area contributed by atoms with Gasteiger partial charge in [-0.05, 0) is 32.7 Å². The first-order chi connectivity index (χ1) is 8.88. The second kappa shape index (κ2) is 5.69. The number of piperazine rings is 1. The number of hydrogen-bond donors (Lipinski definition) is 0. The molecule has 1 amide bonds. The lowest BCUT2D eigenvalue weighted by molar-refractivity contribution is -0.185. The highest BCUT2D eigenvalue weighted by atomic mass is 19.4. The van der Waals surface area contributed by atoms with Crippen molar-refractivity contribution in [1.29, 1.82) is 0 Å². The lowest BCUT2D eigenvalue weighted by Gasteiger charge is -2.36. The van der Waals surface area contributed by atoms with Crippen LogP contribution in [0.4, 0.5) is 13.2 Å². The maximum Gasteiger partial charge on any atom is 0.391 e. The standard InChI is InChI=1S/C13H21F3N2O/c1-17-6-8-18(9-7-17)12(19)10-2-4-11(5-3-10)13(14,15)16/h10-11H,2-9H2,1H3. The Morgan fingerprint density at radius 1 is 1.00 bits per heavy atom. The number of carbonyl (C=O) groups is 1. The number of carbonyl (C=O) groups excluding carboxylic acids is 1. The van der Waals surface area contributed by atoms with E-state index in [1.54, 1.807) is 0 Å². The van der Waals surface area contributed by atoms with E-state index < -0.39 is 12.1 Å². The van der Waals surface area contributed by atoms with Gasteiger partial charge < -0.3 is 9.80 Å². The van der Waals surface area contributed by atoms with E-state index in [-0.39, 0.29) is 24.7 Å². The Bertz CT molecular complexity index is 316. The van der Waals surface area contributed by atoms with Gasteiger partial charge in [-0.3, -0.25) is 4.79 Å². The molecule has 2 aliphatic rings. The minimum atomic E-state index is -4.10. The van der Waals surface area contributed by atoms with Gasteiger partial charge in [0.2, 0.25) is 5.91 Å². The Balaban J connectivity index is 1.82. The number of alkyl halides is 3. The number of hydrogen-bond acceptors (Lipinski definition) is 2. The summed E-state index contributed by atoms with van der Waals surface area (Å²) < 4.78 is 37.7. The van der Waals surface area contributed by atoms with Crippen LogP contribution in [0.2, 0.25) is 0 Å². The molecule has 0 radical (unpaired) electrons. The molecule has 6 heteroatoms. The summed E-state index contributed by atoms with van der Waals surface area (Å²) in [5.41, 5.74) is 0. The van der Waals surface area contributed by atoms with Crippen LogP contribution in [0.3, 0.4) is 0 Å². The van der Waals surface area contributed by atoms with Gasteiger partial charge in [0, 0.05) is 32.1 Å². The molecule has 0 aromatic heterocycles. The molecule has 1 aliphatic carbocycles. The Morgan fingerprint density at radius 3 is 2.00 bits per heavy atom. The monoisotopic (exact) mass is 278 g/mol. The summed E-state index contributed by atoms with van der Waals surface area (Å²) in [5.74, 6) is -1.33. The Hall–Kier alpha value is -0.780. The fourth-order valence-electron chi connectivity index (χ4n) is 2.95. The molecule has 0 unspecified atom stereocenters. The summed E-state index contributed by atoms with van der Waals surface area (Å²) in [6, 6.07) is 0. The Kier molecular flexibility index (Phi) is 4.38. The van der Waals surface area contributed by atoms with Crippen molar-refractivity contribution in [2.24, 2.45) is 11.8 Å². The number of halogens is 3. The molecule has 110 valence electrons. The van der Waals surface area contributed by atoms with Crippen LogP contribution >= 0.6 is 0 Å². The van der Waals surface area contributed by atoms with E-state index in [1.807, 2.05) is 11.9 Å². The predicted octanol–water partition coefficient (Wildman–Crippen LogP) is 2.13. The molecule has 1 saturated heterocycles. The number of amides is 1. The fourth-order valence-corrected chi connectivity index (χ4v) is 2.95. The summed E-state index contributed by atoms with van der Waals surface area (Å²) in [7, 11) is 2.01. The first-order valence-corrected chi connectivity index (χ1v) is 6.92. The highest BCUT2D eigenvalue weighted by Gasteiger charge is 2.43. The van der Waals surface area contributed by atoms with Gasteiger partial charge in [0.25, 0.3) is 0 Å². The number of likely N-dealkylation sites (N-methyl/N-ethyl adjacent to an activating group) is 1. The average Bonchev–Trinajstić information content (AvgIpc) is 2.38. The van der Waals surface area contributed by atoms with Crippen molar-refractivity contribution < 1.29 is 18.0 Å². The third kappa shape index (κ3) is 3.61. The second-order valence-electron chi connectivity index (χ2n) is 5.72. The first-order valence-electron chi connectivity index (χ1n) is 6.92. The summed E-state index contributed by atoms with van der Waals surface area (Å²) in [6.07, 6.45) is -3.12. The van der Waals surface area contributed by atoms with Crippen molar-refractivity contribution in [2.45, 2.75) is 31.9 Å². The fraction of sp³-hybridized carbons (Fsp3) is 0.923. The van der Waals surface area contributed by atoms with Gasteiger partial charge in [-0.25, -0.2) is 0 Å². The molecule has 0 aromatic carbocycles. The van der Waals surface area contributed by atoms with Crippen LogP contribution in [0.25, 0.3) is 0 Å². The van der Waals surface area contributed by atoms with Crippen LogP contribution < -0.4 is 0 Å². The molecule has 1 aliphatic heterocycles. The molecule has 0 N–H and O–H groups in total. The molecular weight excluding hydrogens is 257 g/mol. The minimum Gasteiger partial charge on any atom is -0.340 e. The van der Waals surface area contributed by atoms with Gasteiger partial charge in [0.05, 0.1) is 5.92 Å². The maximum absolute atomic E-state index is 12.6. The van der Waals surface area contributed by atoms with Crippen LogP contribution in [0.1, 0.15) is 25.7 Å². The SMILES string of the molecule is CN1CCN(C(=O)C2CCC(C(F)(F)F)CC2)CC1. The van der Waals surface area contributed by atoms with E-state index in [9.17, 15) is 18.0 Å². The molecule has 0 spiro atoms. The van der Waals surface area contributed by atoms with Gasteiger partial charge in [-0.1, -0.05) is 0 Å². The molecule has 0 aromatic rings. The molecule has 0 bridgehead atoms. The Labute approximate surface area is 111 Å². The topological polar surface area (TPSA) is 23.6 Å². The van der Waals surface area contributed by atoms with Gasteiger partial charge in [-0.2, -0.15) is 13.2 Å². The van der Waals surface area contributed by atoms with E-state index in [0.29, 0.717) is 25.9 Å². The molecule has 1 heterocycles. The minimum absolute atomic E-state index is 0.0636.